The minimum absolute atomic E-state index is 0.00241. The summed E-state index contributed by atoms with van der Waals surface area (Å²) in [6, 6.07) is 9.82. The van der Waals surface area contributed by atoms with Gasteiger partial charge in [-0.15, -0.1) is 0 Å². The summed E-state index contributed by atoms with van der Waals surface area (Å²) in [5.74, 6) is 0.860. The van der Waals surface area contributed by atoms with Gasteiger partial charge in [-0.3, -0.25) is 4.90 Å². The smallest absolute Gasteiger partial charge is 0.119 e. The van der Waals surface area contributed by atoms with E-state index < -0.39 is 5.60 Å². The lowest BCUT2D eigenvalue weighted by molar-refractivity contribution is -0.163. The highest BCUT2D eigenvalue weighted by Gasteiger charge is 2.38. The van der Waals surface area contributed by atoms with Gasteiger partial charge in [0.05, 0.1) is 11.2 Å². The van der Waals surface area contributed by atoms with Crippen LogP contribution in [0.15, 0.2) is 30.3 Å². The van der Waals surface area contributed by atoms with Gasteiger partial charge in [-0.05, 0) is 26.0 Å². The average Bonchev–Trinajstić information content (AvgIpc) is 2.53. The lowest BCUT2D eigenvalue weighted by Gasteiger charge is -2.46. The highest BCUT2D eigenvalue weighted by Crippen LogP contribution is 2.27. The Kier molecular flexibility index (Phi) is 5.45. The van der Waals surface area contributed by atoms with Gasteiger partial charge >= 0.3 is 0 Å². The highest BCUT2D eigenvalue weighted by molar-refractivity contribution is 5.20. The Balaban J connectivity index is 1.57. The third-order valence-corrected chi connectivity index (χ3v) is 4.67. The van der Waals surface area contributed by atoms with E-state index in [9.17, 15) is 5.11 Å². The maximum Gasteiger partial charge on any atom is 0.119 e. The molecule has 2 saturated heterocycles. The van der Waals surface area contributed by atoms with Crippen molar-refractivity contribution in [3.05, 3.63) is 30.3 Å². The summed E-state index contributed by atoms with van der Waals surface area (Å²) in [5.41, 5.74) is -0.888. The lowest BCUT2D eigenvalue weighted by Crippen LogP contribution is -2.58. The van der Waals surface area contributed by atoms with Crippen molar-refractivity contribution in [3.63, 3.8) is 0 Å². The standard InChI is InChI=1S/C19H29NO4/c1-18(2)14-20(15-19(21)8-10-22-11-9-19)12-17(24-18)13-23-16-6-4-3-5-7-16/h3-7,17,21H,8-15H2,1-2H3/t17-/m0/s1. The summed E-state index contributed by atoms with van der Waals surface area (Å²) in [6.45, 7) is 8.27. The summed E-state index contributed by atoms with van der Waals surface area (Å²) < 4.78 is 17.4. The Morgan fingerprint density at radius 1 is 1.21 bits per heavy atom. The van der Waals surface area contributed by atoms with E-state index in [0.717, 1.165) is 18.8 Å². The summed E-state index contributed by atoms with van der Waals surface area (Å²) in [7, 11) is 0. The molecular weight excluding hydrogens is 306 g/mol. The molecule has 1 aromatic carbocycles. The molecule has 0 unspecified atom stereocenters. The van der Waals surface area contributed by atoms with E-state index in [-0.39, 0.29) is 11.7 Å². The summed E-state index contributed by atoms with van der Waals surface area (Å²) in [5, 5.41) is 10.8. The van der Waals surface area contributed by atoms with Crippen molar-refractivity contribution < 1.29 is 19.3 Å². The number of β-amino-alcohol motifs (C(OH)–C–C–N with tert-alkyl or cyclic N) is 1. The molecule has 5 heteroatoms. The van der Waals surface area contributed by atoms with Crippen LogP contribution in [-0.4, -0.2) is 66.8 Å². The summed E-state index contributed by atoms with van der Waals surface area (Å²) in [4.78, 5) is 2.31. The van der Waals surface area contributed by atoms with Crippen LogP contribution in [0.1, 0.15) is 26.7 Å². The molecule has 1 N–H and O–H groups in total. The van der Waals surface area contributed by atoms with Gasteiger partial charge in [0.2, 0.25) is 0 Å². The highest BCUT2D eigenvalue weighted by atomic mass is 16.5. The number of rotatable bonds is 5. The molecule has 24 heavy (non-hydrogen) atoms. The maximum atomic E-state index is 10.8. The molecule has 0 aliphatic carbocycles. The molecule has 1 atom stereocenters. The molecule has 0 bridgehead atoms. The van der Waals surface area contributed by atoms with Gasteiger partial charge in [-0.1, -0.05) is 18.2 Å². The van der Waals surface area contributed by atoms with Crippen molar-refractivity contribution in [1.82, 2.24) is 4.90 Å². The predicted octanol–water partition coefficient (Wildman–Crippen LogP) is 2.09. The van der Waals surface area contributed by atoms with Crippen molar-refractivity contribution in [2.45, 2.75) is 44.0 Å². The number of para-hydroxylation sites is 1. The van der Waals surface area contributed by atoms with Crippen molar-refractivity contribution in [2.24, 2.45) is 0 Å². The molecule has 0 saturated carbocycles. The maximum absolute atomic E-state index is 10.8. The molecule has 2 heterocycles. The Labute approximate surface area is 144 Å². The number of nitrogens with zero attached hydrogens (tertiary/aromatic N) is 1. The second-order valence-corrected chi connectivity index (χ2v) is 7.63. The van der Waals surface area contributed by atoms with E-state index in [1.165, 1.54) is 0 Å². The molecule has 134 valence electrons. The SMILES string of the molecule is CC1(C)CN(CC2(O)CCOCC2)C[C@@H](COc2ccccc2)O1. The van der Waals surface area contributed by atoms with Gasteiger partial charge in [0.15, 0.2) is 0 Å². The molecule has 3 rings (SSSR count). The van der Waals surface area contributed by atoms with Gasteiger partial charge in [0.25, 0.3) is 0 Å². The second kappa shape index (κ2) is 7.40. The molecule has 1 aromatic rings. The normalized spacial score (nSPS) is 26.9. The number of hydrogen-bond acceptors (Lipinski definition) is 5. The van der Waals surface area contributed by atoms with Gasteiger partial charge < -0.3 is 19.3 Å². The quantitative estimate of drug-likeness (QED) is 0.893. The molecule has 2 fully saturated rings. The zero-order chi connectivity index (χ0) is 17.0. The minimum Gasteiger partial charge on any atom is -0.491 e. The van der Waals surface area contributed by atoms with Crippen molar-refractivity contribution in [3.8, 4) is 5.75 Å². The van der Waals surface area contributed by atoms with Crippen LogP contribution >= 0.6 is 0 Å². The van der Waals surface area contributed by atoms with E-state index in [4.69, 9.17) is 14.2 Å². The fourth-order valence-electron chi connectivity index (χ4n) is 3.66. The number of aliphatic hydroxyl groups is 1. The minimum atomic E-state index is -0.642. The number of hydrogen-bond donors (Lipinski definition) is 1. The third-order valence-electron chi connectivity index (χ3n) is 4.67. The first-order valence-corrected chi connectivity index (χ1v) is 8.82. The van der Waals surface area contributed by atoms with E-state index in [1.807, 2.05) is 30.3 Å². The van der Waals surface area contributed by atoms with E-state index in [0.29, 0.717) is 39.2 Å². The van der Waals surface area contributed by atoms with Crippen LogP contribution in [0.3, 0.4) is 0 Å². The molecule has 0 amide bonds. The molecule has 5 nitrogen and oxygen atoms in total. The van der Waals surface area contributed by atoms with Crippen LogP contribution < -0.4 is 4.74 Å². The summed E-state index contributed by atoms with van der Waals surface area (Å²) >= 11 is 0. The zero-order valence-corrected chi connectivity index (χ0v) is 14.7. The van der Waals surface area contributed by atoms with Gasteiger partial charge in [0.1, 0.15) is 18.5 Å². The van der Waals surface area contributed by atoms with Crippen LogP contribution in [0.25, 0.3) is 0 Å². The zero-order valence-electron chi connectivity index (χ0n) is 14.7. The predicted molar refractivity (Wildman–Crippen MR) is 92.3 cm³/mol. The second-order valence-electron chi connectivity index (χ2n) is 7.63. The molecule has 0 aromatic heterocycles. The molecular formula is C19H29NO4. The Morgan fingerprint density at radius 3 is 2.62 bits per heavy atom. The first-order valence-electron chi connectivity index (χ1n) is 8.82. The number of morpholine rings is 1. The van der Waals surface area contributed by atoms with Crippen LogP contribution in [0.2, 0.25) is 0 Å². The van der Waals surface area contributed by atoms with E-state index in [1.54, 1.807) is 0 Å². The van der Waals surface area contributed by atoms with Crippen molar-refractivity contribution >= 4 is 0 Å². The molecule has 0 radical (unpaired) electrons. The van der Waals surface area contributed by atoms with Crippen LogP contribution in [0.4, 0.5) is 0 Å². The van der Waals surface area contributed by atoms with Gasteiger partial charge in [-0.25, -0.2) is 0 Å². The van der Waals surface area contributed by atoms with Crippen molar-refractivity contribution in [1.29, 1.82) is 0 Å². The van der Waals surface area contributed by atoms with E-state index in [2.05, 4.69) is 18.7 Å². The summed E-state index contributed by atoms with van der Waals surface area (Å²) in [6.07, 6.45) is 1.41. The largest absolute Gasteiger partial charge is 0.491 e. The van der Waals surface area contributed by atoms with Gasteiger partial charge in [-0.2, -0.15) is 0 Å². The Hall–Kier alpha value is -1.14. The Bertz CT molecular complexity index is 513. The molecule has 2 aliphatic rings. The first-order chi connectivity index (χ1) is 11.4. The van der Waals surface area contributed by atoms with Crippen LogP contribution in [0, 0.1) is 0 Å². The third kappa shape index (κ3) is 4.93. The molecule has 0 spiro atoms. The van der Waals surface area contributed by atoms with Crippen molar-refractivity contribution in [2.75, 3.05) is 39.5 Å². The monoisotopic (exact) mass is 335 g/mol. The van der Waals surface area contributed by atoms with Crippen LogP contribution in [-0.2, 0) is 9.47 Å². The Morgan fingerprint density at radius 2 is 1.92 bits per heavy atom. The first kappa shape index (κ1) is 17.7. The number of ether oxygens (including phenoxy) is 3. The fourth-order valence-corrected chi connectivity index (χ4v) is 3.66. The van der Waals surface area contributed by atoms with Crippen LogP contribution in [0.5, 0.6) is 5.75 Å². The topological polar surface area (TPSA) is 51.2 Å². The fraction of sp³-hybridized carbons (Fsp3) is 0.684. The van der Waals surface area contributed by atoms with E-state index >= 15 is 0 Å². The lowest BCUT2D eigenvalue weighted by atomic mass is 9.92. The van der Waals surface area contributed by atoms with Gasteiger partial charge in [0, 0.05) is 45.7 Å². The number of benzene rings is 1. The average molecular weight is 335 g/mol. The molecule has 2 aliphatic heterocycles.